The van der Waals surface area contributed by atoms with Crippen molar-refractivity contribution in [3.05, 3.63) is 29.8 Å². The number of hydrogen-bond acceptors (Lipinski definition) is 3. The molecule has 20 heavy (non-hydrogen) atoms. The number of rotatable bonds is 10. The predicted octanol–water partition coefficient (Wildman–Crippen LogP) is 2.31. The molecule has 2 N–H and O–H groups in total. The van der Waals surface area contributed by atoms with Gasteiger partial charge in [0.1, 0.15) is 0 Å². The van der Waals surface area contributed by atoms with Crippen molar-refractivity contribution in [2.45, 2.75) is 44.4 Å². The average molecular weight is 298 g/mol. The Labute approximate surface area is 123 Å². The Morgan fingerprint density at radius 3 is 2.25 bits per heavy atom. The summed E-state index contributed by atoms with van der Waals surface area (Å²) < 4.78 is 26.6. The van der Waals surface area contributed by atoms with Gasteiger partial charge in [-0.1, -0.05) is 32.4 Å². The van der Waals surface area contributed by atoms with Crippen LogP contribution in [0.25, 0.3) is 0 Å². The Balaban J connectivity index is 2.52. The molecule has 0 aliphatic rings. The van der Waals surface area contributed by atoms with E-state index in [0.29, 0.717) is 11.4 Å². The zero-order valence-electron chi connectivity index (χ0n) is 12.5. The lowest BCUT2D eigenvalue weighted by atomic mass is 10.1. The van der Waals surface area contributed by atoms with Gasteiger partial charge in [-0.2, -0.15) is 0 Å². The van der Waals surface area contributed by atoms with Crippen LogP contribution in [-0.2, 0) is 16.4 Å². The third-order valence-electron chi connectivity index (χ3n) is 3.07. The van der Waals surface area contributed by atoms with Crippen molar-refractivity contribution < 1.29 is 8.42 Å². The summed E-state index contributed by atoms with van der Waals surface area (Å²) in [4.78, 5) is 0.346. The summed E-state index contributed by atoms with van der Waals surface area (Å²) in [6.07, 6.45) is 3.89. The second-order valence-electron chi connectivity index (χ2n) is 4.90. The molecule has 4 nitrogen and oxygen atoms in total. The van der Waals surface area contributed by atoms with Crippen LogP contribution < -0.4 is 10.0 Å². The maximum absolute atomic E-state index is 12.0. The van der Waals surface area contributed by atoms with Crippen LogP contribution in [0.5, 0.6) is 0 Å². The number of nitrogens with one attached hydrogen (secondary N) is 2. The molecule has 0 unspecified atom stereocenters. The molecule has 0 saturated heterocycles. The van der Waals surface area contributed by atoms with Crippen molar-refractivity contribution in [3.8, 4) is 0 Å². The highest BCUT2D eigenvalue weighted by Crippen LogP contribution is 2.11. The maximum atomic E-state index is 12.0. The third-order valence-corrected chi connectivity index (χ3v) is 4.55. The fraction of sp³-hybridized carbons (Fsp3) is 0.600. The Hall–Kier alpha value is -0.910. The van der Waals surface area contributed by atoms with E-state index >= 15 is 0 Å². The molecule has 0 fully saturated rings. The summed E-state index contributed by atoms with van der Waals surface area (Å²) in [6.45, 7) is 6.62. The largest absolute Gasteiger partial charge is 0.316 e. The predicted molar refractivity (Wildman–Crippen MR) is 83.4 cm³/mol. The van der Waals surface area contributed by atoms with Crippen LogP contribution in [0.1, 0.15) is 38.7 Å². The Morgan fingerprint density at radius 1 is 0.950 bits per heavy atom. The van der Waals surface area contributed by atoms with E-state index in [1.165, 1.54) is 0 Å². The molecule has 0 spiro atoms. The normalized spacial score (nSPS) is 11.7. The van der Waals surface area contributed by atoms with Gasteiger partial charge in [0, 0.05) is 6.54 Å². The monoisotopic (exact) mass is 298 g/mol. The summed E-state index contributed by atoms with van der Waals surface area (Å²) in [5.74, 6) is 0. The minimum Gasteiger partial charge on any atom is -0.316 e. The van der Waals surface area contributed by atoms with Crippen molar-refractivity contribution in [3.63, 3.8) is 0 Å². The molecule has 0 heterocycles. The van der Waals surface area contributed by atoms with E-state index in [2.05, 4.69) is 17.0 Å². The number of unbranched alkanes of at least 4 members (excludes halogenated alkanes) is 1. The van der Waals surface area contributed by atoms with E-state index in [4.69, 9.17) is 0 Å². The molecule has 0 aliphatic heterocycles. The first kappa shape index (κ1) is 17.1. The van der Waals surface area contributed by atoms with E-state index in [1.807, 2.05) is 19.1 Å². The first-order valence-corrected chi connectivity index (χ1v) is 8.87. The fourth-order valence-corrected chi connectivity index (χ4v) is 2.91. The third kappa shape index (κ3) is 6.03. The summed E-state index contributed by atoms with van der Waals surface area (Å²) >= 11 is 0. The second-order valence-corrected chi connectivity index (χ2v) is 6.66. The van der Waals surface area contributed by atoms with Crippen LogP contribution in [0.3, 0.4) is 0 Å². The highest BCUT2D eigenvalue weighted by atomic mass is 32.2. The van der Waals surface area contributed by atoms with E-state index < -0.39 is 10.0 Å². The molecule has 114 valence electrons. The topological polar surface area (TPSA) is 58.2 Å². The highest BCUT2D eigenvalue weighted by molar-refractivity contribution is 7.89. The first-order chi connectivity index (χ1) is 9.60. The second kappa shape index (κ2) is 9.10. The molecule has 5 heteroatoms. The molecule has 0 aliphatic carbocycles. The van der Waals surface area contributed by atoms with Crippen LogP contribution in [0.4, 0.5) is 0 Å². The van der Waals surface area contributed by atoms with Crippen molar-refractivity contribution in [2.24, 2.45) is 0 Å². The van der Waals surface area contributed by atoms with Crippen LogP contribution >= 0.6 is 0 Å². The molecular formula is C15H26N2O2S. The highest BCUT2D eigenvalue weighted by Gasteiger charge is 2.12. The first-order valence-electron chi connectivity index (χ1n) is 7.39. The summed E-state index contributed by atoms with van der Waals surface area (Å²) in [7, 11) is -3.34. The minimum atomic E-state index is -3.34. The molecule has 0 bridgehead atoms. The molecule has 1 aromatic rings. The SMILES string of the molecule is CCCCNS(=O)(=O)c1ccc(CCNCCC)cc1. The van der Waals surface area contributed by atoms with Gasteiger partial charge >= 0.3 is 0 Å². The Kier molecular flexibility index (Phi) is 7.80. The molecule has 0 aromatic heterocycles. The molecular weight excluding hydrogens is 272 g/mol. The molecule has 1 aromatic carbocycles. The summed E-state index contributed by atoms with van der Waals surface area (Å²) in [5.41, 5.74) is 1.15. The molecule has 0 radical (unpaired) electrons. The molecule has 0 amide bonds. The Bertz CT molecular complexity index is 469. The van der Waals surface area contributed by atoms with Crippen LogP contribution in [-0.4, -0.2) is 28.1 Å². The van der Waals surface area contributed by atoms with Crippen molar-refractivity contribution in [2.75, 3.05) is 19.6 Å². The smallest absolute Gasteiger partial charge is 0.240 e. The van der Waals surface area contributed by atoms with Gasteiger partial charge in [0.2, 0.25) is 10.0 Å². The summed E-state index contributed by atoms with van der Waals surface area (Å²) in [6, 6.07) is 7.15. The van der Waals surface area contributed by atoms with Gasteiger partial charge in [-0.05, 0) is 50.0 Å². The molecule has 0 saturated carbocycles. The lowest BCUT2D eigenvalue weighted by molar-refractivity contribution is 0.578. The van der Waals surface area contributed by atoms with Gasteiger partial charge in [0.25, 0.3) is 0 Å². The van der Waals surface area contributed by atoms with Crippen LogP contribution in [0, 0.1) is 0 Å². The molecule has 0 atom stereocenters. The van der Waals surface area contributed by atoms with Crippen molar-refractivity contribution in [1.29, 1.82) is 0 Å². The van der Waals surface area contributed by atoms with E-state index in [-0.39, 0.29) is 0 Å². The zero-order chi connectivity index (χ0) is 14.8. The van der Waals surface area contributed by atoms with Crippen molar-refractivity contribution >= 4 is 10.0 Å². The summed E-state index contributed by atoms with van der Waals surface area (Å²) in [5, 5.41) is 3.33. The van der Waals surface area contributed by atoms with Crippen molar-refractivity contribution in [1.82, 2.24) is 10.0 Å². The maximum Gasteiger partial charge on any atom is 0.240 e. The van der Waals surface area contributed by atoms with Crippen LogP contribution in [0.2, 0.25) is 0 Å². The molecule has 1 rings (SSSR count). The van der Waals surface area contributed by atoms with Gasteiger partial charge < -0.3 is 5.32 Å². The van der Waals surface area contributed by atoms with Gasteiger partial charge in [0.05, 0.1) is 4.90 Å². The van der Waals surface area contributed by atoms with Gasteiger partial charge in [-0.15, -0.1) is 0 Å². The van der Waals surface area contributed by atoms with E-state index in [9.17, 15) is 8.42 Å². The van der Waals surface area contributed by atoms with Gasteiger partial charge in [-0.25, -0.2) is 13.1 Å². The lowest BCUT2D eigenvalue weighted by Crippen LogP contribution is -2.24. The van der Waals surface area contributed by atoms with Crippen LogP contribution in [0.15, 0.2) is 29.2 Å². The number of benzene rings is 1. The number of hydrogen-bond donors (Lipinski definition) is 2. The number of sulfonamides is 1. The minimum absolute atomic E-state index is 0.346. The Morgan fingerprint density at radius 2 is 1.65 bits per heavy atom. The zero-order valence-corrected chi connectivity index (χ0v) is 13.3. The van der Waals surface area contributed by atoms with Gasteiger partial charge in [-0.3, -0.25) is 0 Å². The lowest BCUT2D eigenvalue weighted by Gasteiger charge is -2.07. The quantitative estimate of drug-likeness (QED) is 0.652. The fourth-order valence-electron chi connectivity index (χ4n) is 1.84. The van der Waals surface area contributed by atoms with E-state index in [0.717, 1.165) is 44.3 Å². The standard InChI is InChI=1S/C15H26N2O2S/c1-3-5-12-17-20(18,19)15-8-6-14(7-9-15)10-13-16-11-4-2/h6-9,16-17H,3-5,10-13H2,1-2H3. The van der Waals surface area contributed by atoms with Gasteiger partial charge in [0.15, 0.2) is 0 Å². The average Bonchev–Trinajstić information content (AvgIpc) is 2.44. The van der Waals surface area contributed by atoms with E-state index in [1.54, 1.807) is 12.1 Å².